The van der Waals surface area contributed by atoms with E-state index in [1.807, 2.05) is 0 Å². The standard InChI is InChI=1S/C24H32F3N5O3/c1-24(2)8-6-17-12-16(7-9-32(17)24)29-21-18(25)14-28-23(31-21)30-15-4-5-19(34-11-3-10-33)20(13-15)35-22(26)27/h4-5,13-14,16-17,22,33H,3,6-12H2,1-2H3,(H2,28,29,30,31)/t16-,17-/m0/s1. The minimum Gasteiger partial charge on any atom is -0.490 e. The summed E-state index contributed by atoms with van der Waals surface area (Å²) in [6.45, 7) is 2.52. The van der Waals surface area contributed by atoms with Gasteiger partial charge in [0.05, 0.1) is 12.8 Å². The summed E-state index contributed by atoms with van der Waals surface area (Å²) >= 11 is 0. The van der Waals surface area contributed by atoms with Crippen LogP contribution in [0.1, 0.15) is 46.0 Å². The van der Waals surface area contributed by atoms with E-state index < -0.39 is 12.4 Å². The molecule has 2 atom stereocenters. The third-order valence-corrected chi connectivity index (χ3v) is 6.64. The lowest BCUT2D eigenvalue weighted by atomic mass is 9.97. The van der Waals surface area contributed by atoms with Crippen molar-refractivity contribution in [3.63, 3.8) is 0 Å². The topological polar surface area (TPSA) is 91.8 Å². The predicted molar refractivity (Wildman–Crippen MR) is 126 cm³/mol. The van der Waals surface area contributed by atoms with Crippen LogP contribution in [0.15, 0.2) is 24.4 Å². The molecule has 2 aliphatic rings. The average Bonchev–Trinajstić information content (AvgIpc) is 3.11. The molecule has 1 aromatic carbocycles. The Morgan fingerprint density at radius 3 is 2.86 bits per heavy atom. The normalized spacial score (nSPS) is 21.6. The van der Waals surface area contributed by atoms with E-state index in [1.165, 1.54) is 12.1 Å². The minimum absolute atomic E-state index is 0.0826. The third-order valence-electron chi connectivity index (χ3n) is 6.64. The van der Waals surface area contributed by atoms with Crippen molar-refractivity contribution < 1.29 is 27.8 Å². The van der Waals surface area contributed by atoms with Gasteiger partial charge < -0.3 is 25.2 Å². The molecule has 3 N–H and O–H groups in total. The Morgan fingerprint density at radius 1 is 1.26 bits per heavy atom. The van der Waals surface area contributed by atoms with Crippen molar-refractivity contribution in [1.29, 1.82) is 0 Å². The Morgan fingerprint density at radius 2 is 2.09 bits per heavy atom. The first-order valence-electron chi connectivity index (χ1n) is 11.9. The van der Waals surface area contributed by atoms with E-state index in [0.29, 0.717) is 18.2 Å². The highest BCUT2D eigenvalue weighted by molar-refractivity contribution is 5.60. The van der Waals surface area contributed by atoms with Crippen LogP contribution in [0.25, 0.3) is 0 Å². The highest BCUT2D eigenvalue weighted by Crippen LogP contribution is 2.39. The number of nitrogens with one attached hydrogen (secondary N) is 2. The van der Waals surface area contributed by atoms with E-state index in [4.69, 9.17) is 9.84 Å². The van der Waals surface area contributed by atoms with Gasteiger partial charge in [0.25, 0.3) is 0 Å². The molecule has 1 aromatic heterocycles. The molecule has 2 fully saturated rings. The summed E-state index contributed by atoms with van der Waals surface area (Å²) in [5.41, 5.74) is 0.577. The summed E-state index contributed by atoms with van der Waals surface area (Å²) < 4.78 is 50.2. The van der Waals surface area contributed by atoms with Crippen LogP contribution in [0.5, 0.6) is 11.5 Å². The van der Waals surface area contributed by atoms with Crippen LogP contribution >= 0.6 is 0 Å². The number of fused-ring (bicyclic) bond motifs is 1. The SMILES string of the molecule is CC1(C)CC[C@H]2C[C@@H](Nc3nc(Nc4ccc(OCCCO)c(OC(F)F)c4)ncc3F)CCN21. The smallest absolute Gasteiger partial charge is 0.387 e. The second kappa shape index (κ2) is 10.9. The van der Waals surface area contributed by atoms with Gasteiger partial charge in [0.15, 0.2) is 23.1 Å². The summed E-state index contributed by atoms with van der Waals surface area (Å²) in [5.74, 6) is -0.390. The molecule has 8 nitrogen and oxygen atoms in total. The molecule has 0 saturated carbocycles. The van der Waals surface area contributed by atoms with Gasteiger partial charge in [0, 0.05) is 48.9 Å². The number of benzene rings is 1. The fourth-order valence-corrected chi connectivity index (χ4v) is 4.91. The van der Waals surface area contributed by atoms with Crippen LogP contribution in [-0.2, 0) is 0 Å². The van der Waals surface area contributed by atoms with Crippen LogP contribution in [0, 0.1) is 5.82 Å². The number of halogens is 3. The quantitative estimate of drug-likeness (QED) is 0.414. The van der Waals surface area contributed by atoms with Gasteiger partial charge in [-0.05, 0) is 51.7 Å². The van der Waals surface area contributed by atoms with Crippen LogP contribution in [0.4, 0.5) is 30.6 Å². The highest BCUT2D eigenvalue weighted by Gasteiger charge is 2.42. The number of hydrogen-bond donors (Lipinski definition) is 3. The molecule has 35 heavy (non-hydrogen) atoms. The number of ether oxygens (including phenoxy) is 2. The van der Waals surface area contributed by atoms with Crippen molar-refractivity contribution in [2.75, 3.05) is 30.4 Å². The van der Waals surface area contributed by atoms with Gasteiger partial charge in [-0.3, -0.25) is 4.90 Å². The van der Waals surface area contributed by atoms with E-state index >= 15 is 0 Å². The Bertz CT molecular complexity index is 1010. The number of piperidine rings is 1. The summed E-state index contributed by atoms with van der Waals surface area (Å²) in [4.78, 5) is 10.8. The van der Waals surface area contributed by atoms with Gasteiger partial charge in [-0.25, -0.2) is 9.37 Å². The van der Waals surface area contributed by atoms with Crippen LogP contribution in [-0.4, -0.2) is 64.0 Å². The number of aliphatic hydroxyl groups excluding tert-OH is 1. The van der Waals surface area contributed by atoms with E-state index in [1.54, 1.807) is 6.07 Å². The van der Waals surface area contributed by atoms with E-state index in [-0.39, 0.29) is 48.1 Å². The summed E-state index contributed by atoms with van der Waals surface area (Å²) in [7, 11) is 0. The zero-order valence-corrected chi connectivity index (χ0v) is 19.9. The lowest BCUT2D eigenvalue weighted by molar-refractivity contribution is -0.0515. The Kier molecular flexibility index (Phi) is 7.85. The molecule has 0 radical (unpaired) electrons. The first-order valence-corrected chi connectivity index (χ1v) is 11.9. The van der Waals surface area contributed by atoms with Crippen molar-refractivity contribution in [1.82, 2.24) is 14.9 Å². The molecule has 0 aliphatic carbocycles. The number of alkyl halides is 2. The van der Waals surface area contributed by atoms with Crippen molar-refractivity contribution in [2.24, 2.45) is 0 Å². The van der Waals surface area contributed by atoms with Crippen LogP contribution in [0.2, 0.25) is 0 Å². The maximum atomic E-state index is 14.5. The second-order valence-electron chi connectivity index (χ2n) is 9.54. The van der Waals surface area contributed by atoms with E-state index in [9.17, 15) is 13.2 Å². The molecular formula is C24H32F3N5O3. The Balaban J connectivity index is 1.44. The number of nitrogens with zero attached hydrogens (tertiary/aromatic N) is 3. The molecule has 2 aliphatic heterocycles. The zero-order valence-electron chi connectivity index (χ0n) is 19.9. The van der Waals surface area contributed by atoms with Gasteiger partial charge in [-0.1, -0.05) is 0 Å². The fourth-order valence-electron chi connectivity index (χ4n) is 4.91. The van der Waals surface area contributed by atoms with Crippen LogP contribution in [0.3, 0.4) is 0 Å². The molecule has 0 spiro atoms. The van der Waals surface area contributed by atoms with Crippen LogP contribution < -0.4 is 20.1 Å². The minimum atomic E-state index is -3.04. The van der Waals surface area contributed by atoms with Gasteiger partial charge in [0.2, 0.25) is 5.95 Å². The molecule has 2 saturated heterocycles. The first kappa shape index (κ1) is 25.3. The van der Waals surface area contributed by atoms with Gasteiger partial charge >= 0.3 is 6.61 Å². The lowest BCUT2D eigenvalue weighted by Gasteiger charge is -2.42. The molecule has 192 valence electrons. The molecule has 0 unspecified atom stereocenters. The molecule has 0 amide bonds. The highest BCUT2D eigenvalue weighted by atomic mass is 19.3. The van der Waals surface area contributed by atoms with Crippen molar-refractivity contribution >= 4 is 17.5 Å². The summed E-state index contributed by atoms with van der Waals surface area (Å²) in [5, 5.41) is 15.0. The number of anilines is 3. The molecule has 0 bridgehead atoms. The first-order chi connectivity index (χ1) is 16.7. The largest absolute Gasteiger partial charge is 0.490 e. The van der Waals surface area contributed by atoms with Crippen molar-refractivity contribution in [3.05, 3.63) is 30.2 Å². The molecule has 3 heterocycles. The number of aromatic nitrogens is 2. The third kappa shape index (κ3) is 6.26. The summed E-state index contributed by atoms with van der Waals surface area (Å²) in [6, 6.07) is 4.97. The number of hydrogen-bond acceptors (Lipinski definition) is 8. The maximum Gasteiger partial charge on any atom is 0.387 e. The molecule has 2 aromatic rings. The average molecular weight is 496 g/mol. The number of rotatable bonds is 10. The van der Waals surface area contributed by atoms with Gasteiger partial charge in [-0.15, -0.1) is 0 Å². The monoisotopic (exact) mass is 495 g/mol. The predicted octanol–water partition coefficient (Wildman–Crippen LogP) is 4.54. The number of aliphatic hydroxyl groups is 1. The molecular weight excluding hydrogens is 463 g/mol. The maximum absolute atomic E-state index is 14.5. The van der Waals surface area contributed by atoms with E-state index in [2.05, 4.69) is 44.1 Å². The fraction of sp³-hybridized carbons (Fsp3) is 0.583. The second-order valence-corrected chi connectivity index (χ2v) is 9.54. The zero-order chi connectivity index (χ0) is 25.0. The van der Waals surface area contributed by atoms with E-state index in [0.717, 1.165) is 38.4 Å². The Labute approximate surface area is 202 Å². The van der Waals surface area contributed by atoms with Gasteiger partial charge in [0.1, 0.15) is 0 Å². The Hall–Kier alpha value is -2.79. The van der Waals surface area contributed by atoms with Crippen molar-refractivity contribution in [2.45, 2.75) is 70.2 Å². The van der Waals surface area contributed by atoms with Gasteiger partial charge in [-0.2, -0.15) is 13.8 Å². The lowest BCUT2D eigenvalue weighted by Crippen LogP contribution is -2.50. The molecule has 4 rings (SSSR count). The summed E-state index contributed by atoms with van der Waals surface area (Å²) in [6.07, 6.45) is 5.52. The van der Waals surface area contributed by atoms with Crippen molar-refractivity contribution in [3.8, 4) is 11.5 Å². The molecule has 11 heteroatoms.